The Morgan fingerprint density at radius 2 is 0.500 bits per heavy atom. The summed E-state index contributed by atoms with van der Waals surface area (Å²) < 4.78 is 342. The van der Waals surface area contributed by atoms with Gasteiger partial charge in [0.1, 0.15) is 0 Å². The van der Waals surface area contributed by atoms with Crippen LogP contribution in [-0.2, 0) is 9.59 Å². The van der Waals surface area contributed by atoms with Gasteiger partial charge in [-0.1, -0.05) is 0 Å². The highest BCUT2D eigenvalue weighted by atomic mass is 19.4. The molecule has 0 saturated heterocycles. The molecule has 0 aliphatic carbocycles. The van der Waals surface area contributed by atoms with Crippen molar-refractivity contribution < 1.29 is 124 Å². The fourth-order valence-corrected chi connectivity index (χ4v) is 2.88. The predicted octanol–water partition coefficient (Wildman–Crippen LogP) is 9.04. The molecule has 0 saturated carbocycles. The fourth-order valence-electron chi connectivity index (χ4n) is 2.88. The second-order valence-corrected chi connectivity index (χ2v) is 9.23. The van der Waals surface area contributed by atoms with Crippen molar-refractivity contribution in [1.29, 1.82) is 0 Å². The predicted molar refractivity (Wildman–Crippen MR) is 105 cm³/mol. The molecule has 0 aliphatic heterocycles. The molecule has 0 fully saturated rings. The lowest BCUT2D eigenvalue weighted by Gasteiger charge is -2.39. The third-order valence-corrected chi connectivity index (χ3v) is 5.84. The SMILES string of the molecule is O=C(Nc1ccc(NC(=O)C(F)(F)C(F)(F)C(F)(F)C(F)(F)C(F)(F)C(F)(F)F)cc1)C(F)(F)C(F)(F)C(F)(F)C(F)(F)C(F)(F)C(F)(F)F. The Hall–Kier alpha value is -3.66. The van der Waals surface area contributed by atoms with Crippen LogP contribution in [0.2, 0.25) is 0 Å². The van der Waals surface area contributed by atoms with Crippen LogP contribution in [0.5, 0.6) is 0 Å². The van der Waals surface area contributed by atoms with Gasteiger partial charge < -0.3 is 10.6 Å². The van der Waals surface area contributed by atoms with Gasteiger partial charge in [0.05, 0.1) is 0 Å². The van der Waals surface area contributed by atoms with Crippen molar-refractivity contribution >= 4 is 23.2 Å². The zero-order chi connectivity index (χ0) is 40.6. The third-order valence-electron chi connectivity index (χ3n) is 5.84. The molecule has 0 unspecified atom stereocenters. The highest BCUT2D eigenvalue weighted by Gasteiger charge is 2.93. The molecule has 30 heteroatoms. The van der Waals surface area contributed by atoms with Gasteiger partial charge in [-0.05, 0) is 24.3 Å². The topological polar surface area (TPSA) is 58.2 Å². The van der Waals surface area contributed by atoms with Crippen LogP contribution in [0.25, 0.3) is 0 Å². The molecule has 50 heavy (non-hydrogen) atoms. The molecule has 0 aliphatic rings. The molecule has 2 N–H and O–H groups in total. The number of benzene rings is 1. The molecule has 1 aromatic carbocycles. The summed E-state index contributed by atoms with van der Waals surface area (Å²) in [5.74, 6) is -89.0. The van der Waals surface area contributed by atoms with E-state index in [-0.39, 0.29) is 24.3 Å². The third kappa shape index (κ3) is 6.15. The summed E-state index contributed by atoms with van der Waals surface area (Å²) >= 11 is 0. The first-order valence-electron chi connectivity index (χ1n) is 11.1. The molecule has 1 aromatic rings. The van der Waals surface area contributed by atoms with E-state index in [1.807, 2.05) is 0 Å². The summed E-state index contributed by atoms with van der Waals surface area (Å²) in [5.41, 5.74) is -3.20. The van der Waals surface area contributed by atoms with Crippen LogP contribution >= 0.6 is 0 Å². The van der Waals surface area contributed by atoms with E-state index < -0.39 is 94.8 Å². The Morgan fingerprint density at radius 3 is 0.680 bits per heavy atom. The molecule has 1 rings (SSSR count). The second-order valence-electron chi connectivity index (χ2n) is 9.23. The number of alkyl halides is 26. The minimum absolute atomic E-state index is 0.213. The van der Waals surface area contributed by atoms with Crippen molar-refractivity contribution in [3.8, 4) is 0 Å². The van der Waals surface area contributed by atoms with Gasteiger partial charge in [-0.2, -0.15) is 114 Å². The molecule has 0 aromatic heterocycles. The van der Waals surface area contributed by atoms with Crippen LogP contribution in [0.3, 0.4) is 0 Å². The highest BCUT2D eigenvalue weighted by Crippen LogP contribution is 2.62. The van der Waals surface area contributed by atoms with Crippen LogP contribution in [0.15, 0.2) is 24.3 Å². The summed E-state index contributed by atoms with van der Waals surface area (Å²) in [6, 6.07) is -0.852. The van der Waals surface area contributed by atoms with Crippen molar-refractivity contribution in [3.63, 3.8) is 0 Å². The van der Waals surface area contributed by atoms with Gasteiger partial charge in [-0.15, -0.1) is 0 Å². The van der Waals surface area contributed by atoms with E-state index in [0.717, 1.165) is 0 Å². The zero-order valence-electron chi connectivity index (χ0n) is 22.0. The molecule has 0 atom stereocenters. The molecule has 2 amide bonds. The smallest absolute Gasteiger partial charge is 0.321 e. The Labute approximate surface area is 254 Å². The summed E-state index contributed by atoms with van der Waals surface area (Å²) in [6.07, 6.45) is -15.6. The van der Waals surface area contributed by atoms with E-state index in [1.54, 1.807) is 0 Å². The fraction of sp³-hybridized carbons (Fsp3) is 0.600. The number of carbonyl (C=O) groups excluding carboxylic acids is 2. The van der Waals surface area contributed by atoms with Gasteiger partial charge in [0.2, 0.25) is 0 Å². The van der Waals surface area contributed by atoms with E-state index in [1.165, 1.54) is 0 Å². The summed E-state index contributed by atoms with van der Waals surface area (Å²) in [6.45, 7) is 0. The van der Waals surface area contributed by atoms with Crippen molar-refractivity contribution in [2.45, 2.75) is 71.6 Å². The second kappa shape index (κ2) is 12.0. The first-order chi connectivity index (χ1) is 21.5. The Balaban J connectivity index is 3.35. The summed E-state index contributed by atoms with van der Waals surface area (Å²) in [7, 11) is 0. The number of halogens is 26. The Kier molecular flexibility index (Phi) is 10.6. The van der Waals surface area contributed by atoms with Gasteiger partial charge in [0.15, 0.2) is 0 Å². The normalized spacial score (nSPS) is 15.6. The van der Waals surface area contributed by atoms with Crippen molar-refractivity contribution in [2.75, 3.05) is 10.6 Å². The molecular formula is C20H6F26N2O2. The largest absolute Gasteiger partial charge is 0.460 e. The summed E-state index contributed by atoms with van der Waals surface area (Å²) in [5, 5.41) is 0.791. The first-order valence-corrected chi connectivity index (χ1v) is 11.1. The monoisotopic (exact) mass is 800 g/mol. The molecule has 0 spiro atoms. The highest BCUT2D eigenvalue weighted by molar-refractivity contribution is 5.99. The van der Waals surface area contributed by atoms with E-state index in [2.05, 4.69) is 0 Å². The van der Waals surface area contributed by atoms with Crippen LogP contribution in [-0.4, -0.2) is 83.4 Å². The van der Waals surface area contributed by atoms with Gasteiger partial charge >= 0.3 is 83.4 Å². The molecule has 290 valence electrons. The number of nitrogens with one attached hydrogen (secondary N) is 2. The molecular weight excluding hydrogens is 794 g/mol. The lowest BCUT2D eigenvalue weighted by Crippen LogP contribution is -2.71. The number of rotatable bonds is 12. The molecule has 0 heterocycles. The lowest BCUT2D eigenvalue weighted by atomic mass is 9.93. The minimum atomic E-state index is -8.43. The van der Waals surface area contributed by atoms with Crippen LogP contribution in [0.1, 0.15) is 0 Å². The maximum absolute atomic E-state index is 13.9. The molecule has 4 nitrogen and oxygen atoms in total. The maximum atomic E-state index is 13.9. The van der Waals surface area contributed by atoms with E-state index in [0.29, 0.717) is 10.6 Å². The number of hydrogen-bond donors (Lipinski definition) is 2. The van der Waals surface area contributed by atoms with Gasteiger partial charge in [0.25, 0.3) is 0 Å². The Morgan fingerprint density at radius 1 is 0.320 bits per heavy atom. The number of carbonyl (C=O) groups is 2. The number of anilines is 2. The van der Waals surface area contributed by atoms with E-state index in [4.69, 9.17) is 0 Å². The average Bonchev–Trinajstić information content (AvgIpc) is 2.91. The van der Waals surface area contributed by atoms with Crippen LogP contribution < -0.4 is 10.6 Å². The lowest BCUT2D eigenvalue weighted by molar-refractivity contribution is -0.436. The van der Waals surface area contributed by atoms with Gasteiger partial charge in [-0.25, -0.2) is 0 Å². The van der Waals surface area contributed by atoms with Gasteiger partial charge in [-0.3, -0.25) is 9.59 Å². The maximum Gasteiger partial charge on any atom is 0.460 e. The molecule has 0 bridgehead atoms. The summed E-state index contributed by atoms with van der Waals surface area (Å²) in [4.78, 5) is 23.0. The minimum Gasteiger partial charge on any atom is -0.321 e. The van der Waals surface area contributed by atoms with Crippen LogP contribution in [0, 0.1) is 0 Å². The van der Waals surface area contributed by atoms with Crippen molar-refractivity contribution in [2.24, 2.45) is 0 Å². The van der Waals surface area contributed by atoms with E-state index >= 15 is 0 Å². The van der Waals surface area contributed by atoms with Gasteiger partial charge in [0, 0.05) is 11.4 Å². The van der Waals surface area contributed by atoms with Crippen molar-refractivity contribution in [3.05, 3.63) is 24.3 Å². The molecule has 0 radical (unpaired) electrons. The number of hydrogen-bond acceptors (Lipinski definition) is 2. The van der Waals surface area contributed by atoms with Crippen molar-refractivity contribution in [1.82, 2.24) is 0 Å². The average molecular weight is 800 g/mol. The van der Waals surface area contributed by atoms with Crippen LogP contribution in [0.4, 0.5) is 126 Å². The first kappa shape index (κ1) is 44.4. The quantitative estimate of drug-likeness (QED) is 0.208. The standard InChI is InChI=1S/C20H6F26N2O2/c21-9(22,11(25,26)13(29,30)15(33,34)17(37,38)19(41,42)43)7(49)47-5-1-2-6(4-3-5)48-8(50)10(23,24)12(27,28)14(31,32)16(35,36)18(39,40)20(44,45)46/h1-4H,(H,47,49)(H,48,50). The zero-order valence-corrected chi connectivity index (χ0v) is 22.0. The Bertz CT molecular complexity index is 1320. The number of amides is 2. The van der Waals surface area contributed by atoms with E-state index in [9.17, 15) is 124 Å².